The van der Waals surface area contributed by atoms with E-state index in [0.29, 0.717) is 36.6 Å². The first-order valence-corrected chi connectivity index (χ1v) is 9.26. The molecule has 7 nitrogen and oxygen atoms in total. The molecule has 0 spiro atoms. The topological polar surface area (TPSA) is 84.4 Å². The monoisotopic (exact) mass is 370 g/mol. The van der Waals surface area contributed by atoms with Crippen molar-refractivity contribution in [1.82, 2.24) is 14.9 Å². The van der Waals surface area contributed by atoms with Crippen LogP contribution in [0.4, 0.5) is 11.6 Å². The van der Waals surface area contributed by atoms with Crippen LogP contribution < -0.4 is 5.32 Å². The van der Waals surface area contributed by atoms with E-state index < -0.39 is 5.97 Å². The number of para-hydroxylation sites is 1. The van der Waals surface area contributed by atoms with E-state index in [-0.39, 0.29) is 11.9 Å². The highest BCUT2D eigenvalue weighted by atomic mass is 16.5. The Hall–Kier alpha value is -2.96. The Balaban J connectivity index is 2.24. The Morgan fingerprint density at radius 2 is 1.78 bits per heavy atom. The van der Waals surface area contributed by atoms with Crippen LogP contribution in [0.15, 0.2) is 36.5 Å². The first kappa shape index (κ1) is 20.4. The molecular formula is C20H26N4O3. The third-order valence-corrected chi connectivity index (χ3v) is 3.82. The second-order valence-corrected chi connectivity index (χ2v) is 5.95. The summed E-state index contributed by atoms with van der Waals surface area (Å²) in [4.78, 5) is 35.1. The molecule has 0 unspecified atom stereocenters. The normalized spacial score (nSPS) is 10.3. The number of nitrogens with zero attached hydrogens (tertiary/aromatic N) is 3. The van der Waals surface area contributed by atoms with Crippen LogP contribution in [0.3, 0.4) is 0 Å². The first-order chi connectivity index (χ1) is 13.1. The summed E-state index contributed by atoms with van der Waals surface area (Å²) in [5.41, 5.74) is 1.24. The molecule has 0 aliphatic rings. The van der Waals surface area contributed by atoms with Crippen molar-refractivity contribution in [2.24, 2.45) is 0 Å². The lowest BCUT2D eigenvalue weighted by Gasteiger charge is -2.21. The number of carbonyl (C=O) groups is 2. The minimum Gasteiger partial charge on any atom is -0.462 e. The Morgan fingerprint density at radius 1 is 1.07 bits per heavy atom. The molecule has 1 aromatic heterocycles. The number of carbonyl (C=O) groups excluding carboxylic acids is 2. The van der Waals surface area contributed by atoms with Crippen LogP contribution in [0.2, 0.25) is 0 Å². The molecule has 27 heavy (non-hydrogen) atoms. The van der Waals surface area contributed by atoms with Gasteiger partial charge < -0.3 is 15.0 Å². The molecule has 1 N–H and O–H groups in total. The van der Waals surface area contributed by atoms with Gasteiger partial charge in [-0.05, 0) is 38.0 Å². The molecule has 2 rings (SSSR count). The summed E-state index contributed by atoms with van der Waals surface area (Å²) in [5.74, 6) is -0.293. The van der Waals surface area contributed by atoms with E-state index in [4.69, 9.17) is 4.74 Å². The SMILES string of the molecule is CCCN(CCC)C(=O)c1ccnc(Nc2ccccc2C(=O)OCC)n1. The minimum absolute atomic E-state index is 0.122. The molecule has 144 valence electrons. The van der Waals surface area contributed by atoms with Gasteiger partial charge >= 0.3 is 5.97 Å². The largest absolute Gasteiger partial charge is 0.462 e. The van der Waals surface area contributed by atoms with Crippen LogP contribution in [-0.4, -0.2) is 46.4 Å². The summed E-state index contributed by atoms with van der Waals surface area (Å²) >= 11 is 0. The van der Waals surface area contributed by atoms with Crippen LogP contribution in [0.5, 0.6) is 0 Å². The first-order valence-electron chi connectivity index (χ1n) is 9.26. The van der Waals surface area contributed by atoms with E-state index in [2.05, 4.69) is 15.3 Å². The van der Waals surface area contributed by atoms with Gasteiger partial charge in [-0.3, -0.25) is 4.79 Å². The molecule has 2 aromatic rings. The Bertz CT molecular complexity index is 773. The van der Waals surface area contributed by atoms with Crippen LogP contribution in [0.1, 0.15) is 54.5 Å². The number of hydrogen-bond acceptors (Lipinski definition) is 6. The molecule has 0 fully saturated rings. The van der Waals surface area contributed by atoms with Crippen molar-refractivity contribution in [3.8, 4) is 0 Å². The Kier molecular flexibility index (Phi) is 7.73. The van der Waals surface area contributed by atoms with E-state index in [0.717, 1.165) is 12.8 Å². The van der Waals surface area contributed by atoms with Crippen LogP contribution in [0, 0.1) is 0 Å². The average Bonchev–Trinajstić information content (AvgIpc) is 2.68. The van der Waals surface area contributed by atoms with E-state index >= 15 is 0 Å². The minimum atomic E-state index is -0.426. The molecule has 0 bridgehead atoms. The van der Waals surface area contributed by atoms with E-state index in [1.165, 1.54) is 6.20 Å². The fourth-order valence-corrected chi connectivity index (χ4v) is 2.65. The highest BCUT2D eigenvalue weighted by Crippen LogP contribution is 2.20. The van der Waals surface area contributed by atoms with Crippen molar-refractivity contribution in [3.05, 3.63) is 47.8 Å². The summed E-state index contributed by atoms with van der Waals surface area (Å²) in [6.45, 7) is 7.49. The number of amides is 1. The summed E-state index contributed by atoms with van der Waals surface area (Å²) in [7, 11) is 0. The van der Waals surface area contributed by atoms with Crippen LogP contribution >= 0.6 is 0 Å². The fraction of sp³-hybridized carbons (Fsp3) is 0.400. The lowest BCUT2D eigenvalue weighted by Crippen LogP contribution is -2.33. The molecule has 0 saturated heterocycles. The predicted molar refractivity (Wildman–Crippen MR) is 104 cm³/mol. The van der Waals surface area contributed by atoms with Crippen molar-refractivity contribution in [1.29, 1.82) is 0 Å². The molecule has 7 heteroatoms. The number of esters is 1. The van der Waals surface area contributed by atoms with Crippen molar-refractivity contribution in [2.75, 3.05) is 25.0 Å². The maximum Gasteiger partial charge on any atom is 0.340 e. The summed E-state index contributed by atoms with van der Waals surface area (Å²) < 4.78 is 5.07. The van der Waals surface area contributed by atoms with E-state index in [1.807, 2.05) is 13.8 Å². The zero-order chi connectivity index (χ0) is 19.6. The molecule has 0 aliphatic carbocycles. The van der Waals surface area contributed by atoms with Crippen LogP contribution in [0.25, 0.3) is 0 Å². The van der Waals surface area contributed by atoms with Crippen molar-refractivity contribution in [3.63, 3.8) is 0 Å². The van der Waals surface area contributed by atoms with Crippen molar-refractivity contribution in [2.45, 2.75) is 33.6 Å². The zero-order valence-corrected chi connectivity index (χ0v) is 16.1. The van der Waals surface area contributed by atoms with Gasteiger partial charge in [0, 0.05) is 19.3 Å². The average molecular weight is 370 g/mol. The number of aromatic nitrogens is 2. The Labute approximate surface area is 159 Å². The number of anilines is 2. The quantitative estimate of drug-likeness (QED) is 0.678. The maximum atomic E-state index is 12.7. The zero-order valence-electron chi connectivity index (χ0n) is 16.1. The maximum absolute atomic E-state index is 12.7. The van der Waals surface area contributed by atoms with Gasteiger partial charge in [-0.15, -0.1) is 0 Å². The summed E-state index contributed by atoms with van der Waals surface area (Å²) in [5, 5.41) is 3.02. The van der Waals surface area contributed by atoms with Crippen molar-refractivity contribution >= 4 is 23.5 Å². The fourth-order valence-electron chi connectivity index (χ4n) is 2.65. The van der Waals surface area contributed by atoms with Gasteiger partial charge in [-0.2, -0.15) is 0 Å². The van der Waals surface area contributed by atoms with Gasteiger partial charge in [0.2, 0.25) is 5.95 Å². The molecule has 1 heterocycles. The molecule has 1 amide bonds. The van der Waals surface area contributed by atoms with Gasteiger partial charge in [0.1, 0.15) is 5.69 Å². The summed E-state index contributed by atoms with van der Waals surface area (Å²) in [6.07, 6.45) is 3.30. The number of nitrogens with one attached hydrogen (secondary N) is 1. The van der Waals surface area contributed by atoms with Gasteiger partial charge in [0.05, 0.1) is 17.9 Å². The second kappa shape index (κ2) is 10.3. The van der Waals surface area contributed by atoms with Gasteiger partial charge in [0.25, 0.3) is 5.91 Å². The molecule has 0 aliphatic heterocycles. The lowest BCUT2D eigenvalue weighted by atomic mass is 10.2. The molecule has 0 saturated carbocycles. The third kappa shape index (κ3) is 5.51. The number of benzene rings is 1. The molecular weight excluding hydrogens is 344 g/mol. The van der Waals surface area contributed by atoms with Crippen molar-refractivity contribution < 1.29 is 14.3 Å². The van der Waals surface area contributed by atoms with Gasteiger partial charge in [0.15, 0.2) is 0 Å². The van der Waals surface area contributed by atoms with Gasteiger partial charge in [-0.1, -0.05) is 26.0 Å². The summed E-state index contributed by atoms with van der Waals surface area (Å²) in [6, 6.07) is 8.56. The number of ether oxygens (including phenoxy) is 1. The highest BCUT2D eigenvalue weighted by Gasteiger charge is 2.17. The highest BCUT2D eigenvalue weighted by molar-refractivity contribution is 5.96. The number of rotatable bonds is 9. The standard InChI is InChI=1S/C20H26N4O3/c1-4-13-24(14-5-2)18(25)17-11-12-21-20(23-17)22-16-10-8-7-9-15(16)19(26)27-6-3/h7-12H,4-6,13-14H2,1-3H3,(H,21,22,23). The molecule has 1 aromatic carbocycles. The predicted octanol–water partition coefficient (Wildman–Crippen LogP) is 3.66. The number of hydrogen-bond donors (Lipinski definition) is 1. The Morgan fingerprint density at radius 3 is 2.44 bits per heavy atom. The second-order valence-electron chi connectivity index (χ2n) is 5.95. The molecule has 0 radical (unpaired) electrons. The van der Waals surface area contributed by atoms with Gasteiger partial charge in [-0.25, -0.2) is 14.8 Å². The lowest BCUT2D eigenvalue weighted by molar-refractivity contribution is 0.0527. The van der Waals surface area contributed by atoms with E-state index in [1.54, 1.807) is 42.2 Å². The smallest absolute Gasteiger partial charge is 0.340 e. The third-order valence-electron chi connectivity index (χ3n) is 3.82. The van der Waals surface area contributed by atoms with Crippen LogP contribution in [-0.2, 0) is 4.74 Å². The molecule has 0 atom stereocenters. The van der Waals surface area contributed by atoms with E-state index in [9.17, 15) is 9.59 Å².